The van der Waals surface area contributed by atoms with E-state index in [0.29, 0.717) is 18.0 Å². The highest BCUT2D eigenvalue weighted by atomic mass is 127. The Morgan fingerprint density at radius 2 is 1.97 bits per heavy atom. The van der Waals surface area contributed by atoms with E-state index in [0.717, 1.165) is 36.7 Å². The maximum atomic E-state index is 12.2. The van der Waals surface area contributed by atoms with Gasteiger partial charge in [-0.15, -0.1) is 24.0 Å². The van der Waals surface area contributed by atoms with Gasteiger partial charge < -0.3 is 15.1 Å². The third-order valence-electron chi connectivity index (χ3n) is 4.83. The van der Waals surface area contributed by atoms with Gasteiger partial charge in [-0.3, -0.25) is 14.5 Å². The molecule has 0 fully saturated rings. The third kappa shape index (κ3) is 7.83. The highest BCUT2D eigenvalue weighted by Gasteiger charge is 2.15. The molecule has 0 aliphatic rings. The molecule has 1 N–H and O–H groups in total. The van der Waals surface area contributed by atoms with Gasteiger partial charge in [-0.2, -0.15) is 5.10 Å². The van der Waals surface area contributed by atoms with Crippen LogP contribution in [0.4, 0.5) is 0 Å². The van der Waals surface area contributed by atoms with Crippen molar-refractivity contribution < 1.29 is 4.79 Å². The van der Waals surface area contributed by atoms with Gasteiger partial charge in [0, 0.05) is 65.1 Å². The first kappa shape index (κ1) is 26.9. The van der Waals surface area contributed by atoms with Crippen LogP contribution < -0.4 is 5.32 Å². The van der Waals surface area contributed by atoms with Crippen molar-refractivity contribution in [1.82, 2.24) is 24.9 Å². The topological polar surface area (TPSA) is 65.8 Å². The second-order valence-electron chi connectivity index (χ2n) is 8.11. The summed E-state index contributed by atoms with van der Waals surface area (Å²) in [5, 5.41) is 7.98. The summed E-state index contributed by atoms with van der Waals surface area (Å²) in [5.41, 5.74) is 4.17. The number of nitrogens with one attached hydrogen (secondary N) is 1. The normalized spacial score (nSPS) is 11.3. The van der Waals surface area contributed by atoms with Crippen molar-refractivity contribution in [2.45, 2.75) is 39.7 Å². The minimum absolute atomic E-state index is 0. The van der Waals surface area contributed by atoms with Crippen LogP contribution >= 0.6 is 24.0 Å². The molecule has 1 heterocycles. The fraction of sp³-hybridized carbons (Fsp3) is 0.522. The minimum Gasteiger partial charge on any atom is -0.357 e. The van der Waals surface area contributed by atoms with E-state index in [1.54, 1.807) is 19.0 Å². The SMILES string of the molecule is CCNC(=NCCc1cccc(C(=O)N(C)C)c1)N(C)Cc1cn(C)nc1C(C)C.I. The van der Waals surface area contributed by atoms with Crippen molar-refractivity contribution in [1.29, 1.82) is 0 Å². The summed E-state index contributed by atoms with van der Waals surface area (Å²) in [6.45, 7) is 8.61. The number of amides is 1. The van der Waals surface area contributed by atoms with Crippen molar-refractivity contribution in [3.8, 4) is 0 Å². The molecule has 7 nitrogen and oxygen atoms in total. The summed E-state index contributed by atoms with van der Waals surface area (Å²) >= 11 is 0. The van der Waals surface area contributed by atoms with Crippen LogP contribution in [0.1, 0.15) is 53.9 Å². The number of aryl methyl sites for hydroxylation is 1. The van der Waals surface area contributed by atoms with Crippen LogP contribution in [0.5, 0.6) is 0 Å². The molecule has 1 aromatic carbocycles. The Kier molecular flexibility index (Phi) is 11.0. The van der Waals surface area contributed by atoms with Crippen LogP contribution in [0, 0.1) is 0 Å². The summed E-state index contributed by atoms with van der Waals surface area (Å²) in [4.78, 5) is 20.7. The minimum atomic E-state index is 0. The Balaban J connectivity index is 0.00000480. The number of hydrogen-bond acceptors (Lipinski definition) is 3. The molecule has 0 spiro atoms. The molecule has 0 saturated heterocycles. The molecule has 0 saturated carbocycles. The lowest BCUT2D eigenvalue weighted by Gasteiger charge is -2.22. The average Bonchev–Trinajstić information content (AvgIpc) is 3.07. The lowest BCUT2D eigenvalue weighted by molar-refractivity contribution is 0.0827. The molecule has 172 valence electrons. The number of rotatable bonds is 8. The Hall–Kier alpha value is -2.10. The van der Waals surface area contributed by atoms with Crippen LogP contribution in [0.15, 0.2) is 35.5 Å². The van der Waals surface area contributed by atoms with E-state index < -0.39 is 0 Å². The summed E-state index contributed by atoms with van der Waals surface area (Å²) in [5.74, 6) is 1.27. The zero-order valence-corrected chi connectivity index (χ0v) is 22.2. The highest BCUT2D eigenvalue weighted by molar-refractivity contribution is 14.0. The largest absolute Gasteiger partial charge is 0.357 e. The van der Waals surface area contributed by atoms with Crippen molar-refractivity contribution in [2.24, 2.45) is 12.0 Å². The first-order valence-electron chi connectivity index (χ1n) is 10.5. The lowest BCUT2D eigenvalue weighted by atomic mass is 10.1. The fourth-order valence-electron chi connectivity index (χ4n) is 3.37. The summed E-state index contributed by atoms with van der Waals surface area (Å²) < 4.78 is 1.88. The van der Waals surface area contributed by atoms with Gasteiger partial charge in [0.15, 0.2) is 5.96 Å². The van der Waals surface area contributed by atoms with Gasteiger partial charge in [0.05, 0.1) is 5.69 Å². The molecule has 0 aliphatic carbocycles. The van der Waals surface area contributed by atoms with E-state index in [-0.39, 0.29) is 29.9 Å². The van der Waals surface area contributed by atoms with Crippen molar-refractivity contribution in [3.63, 3.8) is 0 Å². The molecule has 31 heavy (non-hydrogen) atoms. The van der Waals surface area contributed by atoms with Crippen LogP contribution in [0.2, 0.25) is 0 Å². The van der Waals surface area contributed by atoms with Crippen molar-refractivity contribution >= 4 is 35.8 Å². The molecule has 0 bridgehead atoms. The first-order chi connectivity index (χ1) is 14.2. The maximum Gasteiger partial charge on any atom is 0.253 e. The molecule has 0 atom stereocenters. The second kappa shape index (κ2) is 12.7. The summed E-state index contributed by atoms with van der Waals surface area (Å²) in [6.07, 6.45) is 2.87. The Morgan fingerprint density at radius 3 is 2.58 bits per heavy atom. The molecule has 2 rings (SSSR count). The summed E-state index contributed by atoms with van der Waals surface area (Å²) in [7, 11) is 7.55. The van der Waals surface area contributed by atoms with Gasteiger partial charge in [0.25, 0.3) is 5.91 Å². The van der Waals surface area contributed by atoms with Crippen LogP contribution in [-0.2, 0) is 20.0 Å². The van der Waals surface area contributed by atoms with E-state index in [1.807, 2.05) is 36.0 Å². The number of hydrogen-bond donors (Lipinski definition) is 1. The fourth-order valence-corrected chi connectivity index (χ4v) is 3.37. The lowest BCUT2D eigenvalue weighted by Crippen LogP contribution is -2.38. The monoisotopic (exact) mass is 540 g/mol. The second-order valence-corrected chi connectivity index (χ2v) is 8.11. The van der Waals surface area contributed by atoms with Gasteiger partial charge in [-0.1, -0.05) is 26.0 Å². The standard InChI is InChI=1S/C23H36N6O.HI/c1-8-24-23(28(6)15-20-16-29(7)26-21(20)17(2)3)25-13-12-18-10-9-11-19(14-18)22(30)27(4)5;/h9-11,14,16-17H,8,12-13,15H2,1-7H3,(H,24,25);1H. The van der Waals surface area contributed by atoms with Crippen LogP contribution in [0.3, 0.4) is 0 Å². The number of nitrogens with zero attached hydrogens (tertiary/aromatic N) is 5. The van der Waals surface area contributed by atoms with Crippen LogP contribution in [-0.4, -0.2) is 65.7 Å². The predicted octanol–water partition coefficient (Wildman–Crippen LogP) is 3.50. The van der Waals surface area contributed by atoms with E-state index in [4.69, 9.17) is 4.99 Å². The first-order valence-corrected chi connectivity index (χ1v) is 10.5. The zero-order valence-electron chi connectivity index (χ0n) is 19.8. The molecule has 1 aromatic heterocycles. The molecule has 0 unspecified atom stereocenters. The molecule has 8 heteroatoms. The smallest absolute Gasteiger partial charge is 0.253 e. The molecule has 1 amide bonds. The molecule has 2 aromatic rings. The van der Waals surface area contributed by atoms with Gasteiger partial charge in [0.1, 0.15) is 0 Å². The van der Waals surface area contributed by atoms with E-state index >= 15 is 0 Å². The molecular weight excluding hydrogens is 503 g/mol. The van der Waals surface area contributed by atoms with Crippen molar-refractivity contribution in [2.75, 3.05) is 34.2 Å². The Bertz CT molecular complexity index is 875. The van der Waals surface area contributed by atoms with Gasteiger partial charge in [-0.05, 0) is 37.0 Å². The Morgan fingerprint density at radius 1 is 1.26 bits per heavy atom. The number of benzene rings is 1. The van der Waals surface area contributed by atoms with Gasteiger partial charge in [-0.25, -0.2) is 0 Å². The number of carbonyl (C=O) groups is 1. The summed E-state index contributed by atoms with van der Waals surface area (Å²) in [6, 6.07) is 7.79. The maximum absolute atomic E-state index is 12.2. The Labute approximate surface area is 203 Å². The number of carbonyl (C=O) groups excluding carboxylic acids is 1. The highest BCUT2D eigenvalue weighted by Crippen LogP contribution is 2.18. The van der Waals surface area contributed by atoms with Gasteiger partial charge >= 0.3 is 0 Å². The van der Waals surface area contributed by atoms with E-state index in [9.17, 15) is 4.79 Å². The zero-order chi connectivity index (χ0) is 22.3. The number of halogens is 1. The third-order valence-corrected chi connectivity index (χ3v) is 4.83. The molecule has 0 radical (unpaired) electrons. The number of guanidine groups is 1. The van der Waals surface area contributed by atoms with Crippen molar-refractivity contribution in [3.05, 3.63) is 52.8 Å². The molecule has 0 aliphatic heterocycles. The number of aliphatic imine (C=N–C) groups is 1. The van der Waals surface area contributed by atoms with E-state index in [1.165, 1.54) is 5.56 Å². The van der Waals surface area contributed by atoms with Crippen LogP contribution in [0.25, 0.3) is 0 Å². The average molecular weight is 540 g/mol. The molecular formula is C23H37IN6O. The quantitative estimate of drug-likeness (QED) is 0.316. The van der Waals surface area contributed by atoms with Gasteiger partial charge in [0.2, 0.25) is 0 Å². The van der Waals surface area contributed by atoms with E-state index in [2.05, 4.69) is 49.3 Å². The number of aromatic nitrogens is 2. The predicted molar refractivity (Wildman–Crippen MR) is 138 cm³/mol.